The fourth-order valence-electron chi connectivity index (χ4n) is 1.52. The van der Waals surface area contributed by atoms with Gasteiger partial charge in [0.15, 0.2) is 0 Å². The number of nitrogens with two attached hydrogens (primary N) is 1. The number of amides is 1. The molecule has 5 nitrogen and oxygen atoms in total. The Labute approximate surface area is 104 Å². The Kier molecular flexibility index (Phi) is 6.67. The number of hydrogen-bond acceptors (Lipinski definition) is 4. The number of nitrogens with one attached hydrogen (secondary N) is 1. The van der Waals surface area contributed by atoms with Gasteiger partial charge in [0.1, 0.15) is 0 Å². The van der Waals surface area contributed by atoms with Gasteiger partial charge in [-0.15, -0.1) is 0 Å². The molecule has 0 radical (unpaired) electrons. The summed E-state index contributed by atoms with van der Waals surface area (Å²) in [6.45, 7) is 5.99. The molecule has 0 fully saturated rings. The van der Waals surface area contributed by atoms with Crippen LogP contribution in [-0.4, -0.2) is 42.4 Å². The van der Waals surface area contributed by atoms with Gasteiger partial charge in [-0.1, -0.05) is 13.3 Å². The Morgan fingerprint density at radius 3 is 2.47 bits per heavy atom. The Bertz CT molecular complexity index is 240. The van der Waals surface area contributed by atoms with Crippen LogP contribution in [0.3, 0.4) is 0 Å². The van der Waals surface area contributed by atoms with E-state index in [1.54, 1.807) is 21.0 Å². The van der Waals surface area contributed by atoms with Crippen molar-refractivity contribution < 1.29 is 14.6 Å². The molecule has 0 bridgehead atoms. The van der Waals surface area contributed by atoms with Gasteiger partial charge in [-0.2, -0.15) is 0 Å². The molecule has 17 heavy (non-hydrogen) atoms. The summed E-state index contributed by atoms with van der Waals surface area (Å²) in [6.07, 6.45) is 1.94. The number of carbonyl (C=O) groups is 1. The number of ether oxygens (including phenoxy) is 1. The molecule has 0 aromatic heterocycles. The van der Waals surface area contributed by atoms with Crippen LogP contribution in [0.4, 0.5) is 0 Å². The average molecular weight is 246 g/mol. The number of carbonyl (C=O) groups excluding carboxylic acids is 1. The van der Waals surface area contributed by atoms with Gasteiger partial charge in [-0.05, 0) is 20.3 Å². The maximum Gasteiger partial charge on any atom is 0.239 e. The second-order valence-corrected chi connectivity index (χ2v) is 5.09. The van der Waals surface area contributed by atoms with Crippen LogP contribution in [-0.2, 0) is 9.53 Å². The van der Waals surface area contributed by atoms with Crippen molar-refractivity contribution >= 4 is 5.91 Å². The first kappa shape index (κ1) is 16.4. The molecule has 0 aliphatic rings. The van der Waals surface area contributed by atoms with Gasteiger partial charge in [0.2, 0.25) is 5.91 Å². The minimum absolute atomic E-state index is 0.186. The van der Waals surface area contributed by atoms with Crippen LogP contribution in [0.25, 0.3) is 0 Å². The fourth-order valence-corrected chi connectivity index (χ4v) is 1.52. The van der Waals surface area contributed by atoms with Crippen molar-refractivity contribution in [1.82, 2.24) is 5.32 Å². The normalized spacial score (nSPS) is 18.2. The Hall–Kier alpha value is -0.650. The van der Waals surface area contributed by atoms with Crippen molar-refractivity contribution in [3.05, 3.63) is 0 Å². The summed E-state index contributed by atoms with van der Waals surface area (Å²) in [4.78, 5) is 11.8. The van der Waals surface area contributed by atoms with Crippen molar-refractivity contribution in [1.29, 1.82) is 0 Å². The topological polar surface area (TPSA) is 84.6 Å². The molecule has 0 aromatic carbocycles. The van der Waals surface area contributed by atoms with Gasteiger partial charge in [-0.3, -0.25) is 4.79 Å². The lowest BCUT2D eigenvalue weighted by atomic mass is 9.95. The van der Waals surface area contributed by atoms with Crippen LogP contribution in [0.5, 0.6) is 0 Å². The van der Waals surface area contributed by atoms with Gasteiger partial charge >= 0.3 is 0 Å². The fraction of sp³-hybridized carbons (Fsp3) is 0.917. The largest absolute Gasteiger partial charge is 0.388 e. The van der Waals surface area contributed by atoms with Crippen molar-refractivity contribution in [3.8, 4) is 0 Å². The van der Waals surface area contributed by atoms with E-state index in [-0.39, 0.29) is 12.5 Å². The van der Waals surface area contributed by atoms with Gasteiger partial charge < -0.3 is 20.9 Å². The first-order valence-corrected chi connectivity index (χ1v) is 6.03. The summed E-state index contributed by atoms with van der Waals surface area (Å²) < 4.78 is 4.89. The maximum absolute atomic E-state index is 11.8. The van der Waals surface area contributed by atoms with Crippen molar-refractivity contribution in [3.63, 3.8) is 0 Å². The van der Waals surface area contributed by atoms with Crippen LogP contribution in [0.1, 0.15) is 40.0 Å². The SMILES string of the molecule is CCCC(C)(N)C(=O)NCC(C)(O)CCOC. The van der Waals surface area contributed by atoms with Crippen LogP contribution < -0.4 is 11.1 Å². The molecular weight excluding hydrogens is 220 g/mol. The highest BCUT2D eigenvalue weighted by Gasteiger charge is 2.29. The minimum Gasteiger partial charge on any atom is -0.388 e. The lowest BCUT2D eigenvalue weighted by Gasteiger charge is -2.27. The van der Waals surface area contributed by atoms with Crippen LogP contribution in [0, 0.1) is 0 Å². The summed E-state index contributed by atoms with van der Waals surface area (Å²) in [7, 11) is 1.58. The molecule has 0 aromatic rings. The van der Waals surface area contributed by atoms with Crippen LogP contribution >= 0.6 is 0 Å². The Morgan fingerprint density at radius 2 is 2.00 bits per heavy atom. The maximum atomic E-state index is 11.8. The van der Waals surface area contributed by atoms with Gasteiger partial charge in [0.05, 0.1) is 11.1 Å². The van der Waals surface area contributed by atoms with E-state index in [0.29, 0.717) is 19.4 Å². The summed E-state index contributed by atoms with van der Waals surface area (Å²) in [5.74, 6) is -0.225. The van der Waals surface area contributed by atoms with E-state index in [4.69, 9.17) is 10.5 Å². The first-order chi connectivity index (χ1) is 7.75. The third-order valence-corrected chi connectivity index (χ3v) is 2.76. The molecule has 0 heterocycles. The first-order valence-electron chi connectivity index (χ1n) is 6.03. The zero-order valence-electron chi connectivity index (χ0n) is 11.4. The van der Waals surface area contributed by atoms with Crippen LogP contribution in [0.15, 0.2) is 0 Å². The number of methoxy groups -OCH3 is 1. The molecule has 4 N–H and O–H groups in total. The highest BCUT2D eigenvalue weighted by atomic mass is 16.5. The van der Waals surface area contributed by atoms with E-state index in [1.807, 2.05) is 6.92 Å². The monoisotopic (exact) mass is 246 g/mol. The quantitative estimate of drug-likeness (QED) is 0.579. The molecule has 5 heteroatoms. The molecule has 2 atom stereocenters. The smallest absolute Gasteiger partial charge is 0.239 e. The molecule has 2 unspecified atom stereocenters. The molecular formula is C12H26N2O3. The molecule has 0 saturated heterocycles. The van der Waals surface area contributed by atoms with E-state index >= 15 is 0 Å². The van der Waals surface area contributed by atoms with Gasteiger partial charge in [0.25, 0.3) is 0 Å². The number of rotatable bonds is 8. The van der Waals surface area contributed by atoms with Crippen LogP contribution in [0.2, 0.25) is 0 Å². The lowest BCUT2D eigenvalue weighted by Crippen LogP contribution is -2.54. The third-order valence-electron chi connectivity index (χ3n) is 2.76. The summed E-state index contributed by atoms with van der Waals surface area (Å²) in [5, 5.41) is 12.6. The van der Waals surface area contributed by atoms with Gasteiger partial charge in [-0.25, -0.2) is 0 Å². The van der Waals surface area contributed by atoms with E-state index in [9.17, 15) is 9.90 Å². The van der Waals surface area contributed by atoms with E-state index in [2.05, 4.69) is 5.32 Å². The van der Waals surface area contributed by atoms with Gasteiger partial charge in [0, 0.05) is 26.7 Å². The zero-order valence-corrected chi connectivity index (χ0v) is 11.4. The molecule has 0 saturated carbocycles. The summed E-state index contributed by atoms with van der Waals surface area (Å²) in [5.41, 5.74) is 4.05. The second kappa shape index (κ2) is 6.93. The average Bonchev–Trinajstić information content (AvgIpc) is 2.23. The molecule has 1 amide bonds. The molecule has 0 spiro atoms. The summed E-state index contributed by atoms with van der Waals surface area (Å²) >= 11 is 0. The number of hydrogen-bond donors (Lipinski definition) is 3. The van der Waals surface area contributed by atoms with Crippen molar-refractivity contribution in [2.24, 2.45) is 5.73 Å². The lowest BCUT2D eigenvalue weighted by molar-refractivity contribution is -0.127. The van der Waals surface area contributed by atoms with E-state index in [1.165, 1.54) is 0 Å². The molecule has 0 aliphatic carbocycles. The van der Waals surface area contributed by atoms with E-state index < -0.39 is 11.1 Å². The third kappa shape index (κ3) is 6.61. The molecule has 102 valence electrons. The standard InChI is InChI=1S/C12H26N2O3/c1-5-6-12(3,13)10(15)14-9-11(2,16)7-8-17-4/h16H,5-9,13H2,1-4H3,(H,14,15). The minimum atomic E-state index is -0.964. The second-order valence-electron chi connectivity index (χ2n) is 5.09. The number of aliphatic hydroxyl groups is 1. The summed E-state index contributed by atoms with van der Waals surface area (Å²) in [6, 6.07) is 0. The molecule has 0 rings (SSSR count). The highest BCUT2D eigenvalue weighted by Crippen LogP contribution is 2.11. The zero-order chi connectivity index (χ0) is 13.5. The Morgan fingerprint density at radius 1 is 1.41 bits per heavy atom. The highest BCUT2D eigenvalue weighted by molar-refractivity contribution is 5.85. The molecule has 0 aliphatic heterocycles. The van der Waals surface area contributed by atoms with Crippen molar-refractivity contribution in [2.75, 3.05) is 20.3 Å². The van der Waals surface area contributed by atoms with Crippen molar-refractivity contribution in [2.45, 2.75) is 51.2 Å². The Balaban J connectivity index is 4.14. The van der Waals surface area contributed by atoms with E-state index in [0.717, 1.165) is 6.42 Å². The predicted octanol–water partition coefficient (Wildman–Crippen LogP) is 0.408. The predicted molar refractivity (Wildman–Crippen MR) is 67.6 cm³/mol.